The van der Waals surface area contributed by atoms with Crippen molar-refractivity contribution in [3.05, 3.63) is 59.9 Å². The molecule has 1 aliphatic rings. The Bertz CT molecular complexity index is 917. The van der Waals surface area contributed by atoms with E-state index >= 15 is 0 Å². The lowest BCUT2D eigenvalue weighted by Crippen LogP contribution is -2.28. The normalized spacial score (nSPS) is 18.2. The fourth-order valence-electron chi connectivity index (χ4n) is 2.77. The van der Waals surface area contributed by atoms with Gasteiger partial charge in [-0.15, -0.1) is 11.8 Å². The third-order valence-electron chi connectivity index (χ3n) is 4.10. The van der Waals surface area contributed by atoms with Crippen molar-refractivity contribution in [3.8, 4) is 5.75 Å². The van der Waals surface area contributed by atoms with E-state index < -0.39 is 15.7 Å². The van der Waals surface area contributed by atoms with Crippen LogP contribution in [0.1, 0.15) is 16.8 Å². The van der Waals surface area contributed by atoms with Gasteiger partial charge in [0.2, 0.25) is 0 Å². The van der Waals surface area contributed by atoms with Crippen molar-refractivity contribution >= 4 is 27.5 Å². The van der Waals surface area contributed by atoms with E-state index in [4.69, 9.17) is 4.74 Å². The predicted molar refractivity (Wildman–Crippen MR) is 104 cm³/mol. The highest BCUT2D eigenvalue weighted by molar-refractivity contribution is 8.02. The first-order chi connectivity index (χ1) is 12.9. The molecule has 0 bridgehead atoms. The van der Waals surface area contributed by atoms with Crippen LogP contribution in [0.15, 0.2) is 53.4 Å². The Hall–Kier alpha value is -2.06. The molecule has 3 rings (SSSR count). The summed E-state index contributed by atoms with van der Waals surface area (Å²) in [5.41, 5.74) is 0.498. The summed E-state index contributed by atoms with van der Waals surface area (Å²) in [6.45, 7) is 0.368. The van der Waals surface area contributed by atoms with Crippen LogP contribution in [0.3, 0.4) is 0 Å². The van der Waals surface area contributed by atoms with Gasteiger partial charge in [-0.1, -0.05) is 24.3 Å². The van der Waals surface area contributed by atoms with Gasteiger partial charge in [0.15, 0.2) is 21.4 Å². The van der Waals surface area contributed by atoms with Gasteiger partial charge < -0.3 is 10.1 Å². The Morgan fingerprint density at radius 1 is 1.19 bits per heavy atom. The van der Waals surface area contributed by atoms with Gasteiger partial charge in [-0.25, -0.2) is 12.8 Å². The molecule has 1 atom stereocenters. The zero-order chi connectivity index (χ0) is 19.3. The van der Waals surface area contributed by atoms with Gasteiger partial charge in [-0.2, -0.15) is 0 Å². The number of benzene rings is 2. The molecule has 0 aromatic heterocycles. The molecule has 1 N–H and O–H groups in total. The van der Waals surface area contributed by atoms with Gasteiger partial charge >= 0.3 is 0 Å². The third-order valence-corrected chi connectivity index (χ3v) is 7.42. The van der Waals surface area contributed by atoms with Crippen molar-refractivity contribution in [2.24, 2.45) is 0 Å². The van der Waals surface area contributed by atoms with Crippen LogP contribution in [-0.4, -0.2) is 44.2 Å². The molecule has 0 radical (unpaired) electrons. The number of rotatable bonds is 7. The zero-order valence-corrected chi connectivity index (χ0v) is 16.2. The van der Waals surface area contributed by atoms with Crippen molar-refractivity contribution < 1.29 is 22.3 Å². The number of hydrogen-bond acceptors (Lipinski definition) is 5. The van der Waals surface area contributed by atoms with E-state index in [0.29, 0.717) is 12.0 Å². The van der Waals surface area contributed by atoms with Gasteiger partial charge in [-0.05, 0) is 30.7 Å². The number of halogens is 1. The molecular formula is C19H20FNO4S2. The minimum absolute atomic E-state index is 0.0339. The van der Waals surface area contributed by atoms with Crippen LogP contribution in [0.2, 0.25) is 0 Å². The molecule has 144 valence electrons. The molecule has 2 aromatic rings. The first kappa shape index (κ1) is 19.7. The molecule has 1 aliphatic heterocycles. The number of nitrogens with one attached hydrogen (secondary N) is 1. The lowest BCUT2D eigenvalue weighted by atomic mass is 10.2. The summed E-state index contributed by atoms with van der Waals surface area (Å²) in [6.07, 6.45) is 0.597. The van der Waals surface area contributed by atoms with Crippen LogP contribution in [0.4, 0.5) is 4.39 Å². The highest BCUT2D eigenvalue weighted by Gasteiger charge is 2.29. The number of para-hydroxylation sites is 1. The largest absolute Gasteiger partial charge is 0.489 e. The summed E-state index contributed by atoms with van der Waals surface area (Å²) in [5, 5.41) is 2.72. The lowest BCUT2D eigenvalue weighted by Gasteiger charge is -2.13. The minimum Gasteiger partial charge on any atom is -0.489 e. The van der Waals surface area contributed by atoms with Gasteiger partial charge in [-0.3, -0.25) is 4.79 Å². The average Bonchev–Trinajstić information content (AvgIpc) is 2.99. The number of ether oxygens (including phenoxy) is 1. The highest BCUT2D eigenvalue weighted by atomic mass is 32.2. The van der Waals surface area contributed by atoms with Crippen LogP contribution in [-0.2, 0) is 9.84 Å². The maximum absolute atomic E-state index is 13.5. The van der Waals surface area contributed by atoms with Crippen LogP contribution in [0.25, 0.3) is 0 Å². The van der Waals surface area contributed by atoms with Gasteiger partial charge in [0.25, 0.3) is 5.91 Å². The molecule has 1 unspecified atom stereocenters. The SMILES string of the molecule is O=C(NCCOc1ccccc1F)c1ccccc1SC1CCS(=O)(=O)C1. The number of amides is 1. The fraction of sp³-hybridized carbons (Fsp3) is 0.316. The van der Waals surface area contributed by atoms with E-state index in [2.05, 4.69) is 5.32 Å². The molecule has 1 heterocycles. The molecule has 0 spiro atoms. The van der Waals surface area contributed by atoms with E-state index in [1.807, 2.05) is 12.1 Å². The van der Waals surface area contributed by atoms with E-state index in [1.54, 1.807) is 24.3 Å². The maximum Gasteiger partial charge on any atom is 0.252 e. The van der Waals surface area contributed by atoms with Gasteiger partial charge in [0.1, 0.15) is 6.61 Å². The average molecular weight is 410 g/mol. The molecule has 0 saturated carbocycles. The van der Waals surface area contributed by atoms with E-state index in [0.717, 1.165) is 4.90 Å². The standard InChI is InChI=1S/C19H20FNO4S2/c20-16-6-2-3-7-17(16)25-11-10-21-19(22)15-5-1-4-8-18(15)26-14-9-12-27(23,24)13-14/h1-8,14H,9-13H2,(H,21,22). The Morgan fingerprint density at radius 2 is 1.93 bits per heavy atom. The van der Waals surface area contributed by atoms with E-state index in [1.165, 1.54) is 23.9 Å². The Balaban J connectivity index is 1.55. The zero-order valence-electron chi connectivity index (χ0n) is 14.6. The molecule has 1 fully saturated rings. The first-order valence-corrected chi connectivity index (χ1v) is 11.3. The third kappa shape index (κ3) is 5.46. The predicted octanol–water partition coefficient (Wildman–Crippen LogP) is 2.91. The quantitative estimate of drug-likeness (QED) is 0.712. The van der Waals surface area contributed by atoms with Gasteiger partial charge in [0, 0.05) is 10.1 Å². The van der Waals surface area contributed by atoms with Crippen LogP contribution in [0, 0.1) is 5.82 Å². The van der Waals surface area contributed by atoms with E-state index in [-0.39, 0.29) is 41.6 Å². The summed E-state index contributed by atoms with van der Waals surface area (Å²) in [5.74, 6) is -0.227. The van der Waals surface area contributed by atoms with Crippen LogP contribution in [0.5, 0.6) is 5.75 Å². The molecule has 5 nitrogen and oxygen atoms in total. The first-order valence-electron chi connectivity index (χ1n) is 8.56. The van der Waals surface area contributed by atoms with Gasteiger partial charge in [0.05, 0.1) is 23.6 Å². The second-order valence-electron chi connectivity index (χ2n) is 6.17. The number of hydrogen-bond donors (Lipinski definition) is 1. The molecule has 0 aliphatic carbocycles. The van der Waals surface area contributed by atoms with Crippen molar-refractivity contribution in [2.75, 3.05) is 24.7 Å². The van der Waals surface area contributed by atoms with Crippen LogP contribution < -0.4 is 10.1 Å². The number of carbonyl (C=O) groups excluding carboxylic acids is 1. The van der Waals surface area contributed by atoms with Crippen LogP contribution >= 0.6 is 11.8 Å². The molecule has 1 saturated heterocycles. The van der Waals surface area contributed by atoms with Crippen molar-refractivity contribution in [1.29, 1.82) is 0 Å². The fourth-order valence-corrected chi connectivity index (χ4v) is 6.40. The van der Waals surface area contributed by atoms with Crippen molar-refractivity contribution in [3.63, 3.8) is 0 Å². The summed E-state index contributed by atoms with van der Waals surface area (Å²) >= 11 is 1.43. The van der Waals surface area contributed by atoms with Crippen molar-refractivity contribution in [1.82, 2.24) is 5.32 Å². The topological polar surface area (TPSA) is 72.5 Å². The van der Waals surface area contributed by atoms with E-state index in [9.17, 15) is 17.6 Å². The molecule has 1 amide bonds. The monoisotopic (exact) mass is 409 g/mol. The number of carbonyl (C=O) groups is 1. The molecular weight excluding hydrogens is 389 g/mol. The Kier molecular flexibility index (Phi) is 6.38. The smallest absolute Gasteiger partial charge is 0.252 e. The summed E-state index contributed by atoms with van der Waals surface area (Å²) in [6, 6.07) is 13.2. The van der Waals surface area contributed by atoms with Crippen molar-refractivity contribution in [2.45, 2.75) is 16.6 Å². The minimum atomic E-state index is -2.96. The second-order valence-corrected chi connectivity index (χ2v) is 9.74. The number of thioether (sulfide) groups is 1. The molecule has 8 heteroatoms. The number of sulfone groups is 1. The molecule has 2 aromatic carbocycles. The molecule has 27 heavy (non-hydrogen) atoms. The summed E-state index contributed by atoms with van der Waals surface area (Å²) in [4.78, 5) is 13.2. The maximum atomic E-state index is 13.5. The second kappa shape index (κ2) is 8.75. The summed E-state index contributed by atoms with van der Waals surface area (Å²) in [7, 11) is -2.96. The lowest BCUT2D eigenvalue weighted by molar-refractivity contribution is 0.0944. The highest BCUT2D eigenvalue weighted by Crippen LogP contribution is 2.33. The Morgan fingerprint density at radius 3 is 2.67 bits per heavy atom. The summed E-state index contributed by atoms with van der Waals surface area (Å²) < 4.78 is 42.1. The Labute approximate surface area is 162 Å².